The zero-order chi connectivity index (χ0) is 8.97. The van der Waals surface area contributed by atoms with Gasteiger partial charge in [0.1, 0.15) is 6.10 Å². The zero-order valence-electron chi connectivity index (χ0n) is 7.55. The van der Waals surface area contributed by atoms with Gasteiger partial charge in [0.25, 0.3) is 0 Å². The van der Waals surface area contributed by atoms with E-state index in [9.17, 15) is 9.90 Å². The van der Waals surface area contributed by atoms with Crippen molar-refractivity contribution in [2.24, 2.45) is 0 Å². The summed E-state index contributed by atoms with van der Waals surface area (Å²) in [5.41, 5.74) is 0. The fourth-order valence-corrected chi connectivity index (χ4v) is 1.05. The normalized spacial score (nSPS) is 18.8. The molecule has 0 aliphatic heterocycles. The zero-order valence-corrected chi connectivity index (χ0v) is 7.55. The maximum atomic E-state index is 11.1. The lowest BCUT2D eigenvalue weighted by Gasteiger charge is -2.09. The lowest BCUT2D eigenvalue weighted by molar-refractivity contribution is -0.129. The second kappa shape index (κ2) is 4.45. The van der Waals surface area contributed by atoms with Gasteiger partial charge in [-0.3, -0.25) is 4.79 Å². The SMILES string of the molecule is CCCCC(O)C(=O)NC1CC1. The van der Waals surface area contributed by atoms with E-state index in [2.05, 4.69) is 5.32 Å². The van der Waals surface area contributed by atoms with Crippen LogP contribution in [-0.4, -0.2) is 23.2 Å². The molecule has 70 valence electrons. The second-order valence-electron chi connectivity index (χ2n) is 3.44. The molecule has 1 atom stereocenters. The van der Waals surface area contributed by atoms with Crippen molar-refractivity contribution in [1.82, 2.24) is 5.32 Å². The number of hydrogen-bond acceptors (Lipinski definition) is 2. The quantitative estimate of drug-likeness (QED) is 0.643. The highest BCUT2D eigenvalue weighted by Gasteiger charge is 2.25. The number of aliphatic hydroxyl groups excluding tert-OH is 1. The highest BCUT2D eigenvalue weighted by atomic mass is 16.3. The van der Waals surface area contributed by atoms with Gasteiger partial charge in [-0.25, -0.2) is 0 Å². The minimum absolute atomic E-state index is 0.189. The first kappa shape index (κ1) is 9.52. The molecule has 0 spiro atoms. The predicted octanol–water partition coefficient (Wildman–Crippen LogP) is 0.816. The molecule has 0 radical (unpaired) electrons. The molecule has 1 saturated carbocycles. The second-order valence-corrected chi connectivity index (χ2v) is 3.44. The summed E-state index contributed by atoms with van der Waals surface area (Å²) in [6.07, 6.45) is 3.89. The lowest BCUT2D eigenvalue weighted by Crippen LogP contribution is -2.35. The van der Waals surface area contributed by atoms with Crippen LogP contribution in [0.25, 0.3) is 0 Å². The van der Waals surface area contributed by atoms with Gasteiger partial charge < -0.3 is 10.4 Å². The first-order chi connectivity index (χ1) is 5.74. The van der Waals surface area contributed by atoms with Gasteiger partial charge in [0.2, 0.25) is 5.91 Å². The highest BCUT2D eigenvalue weighted by Crippen LogP contribution is 2.18. The Balaban J connectivity index is 2.11. The molecule has 1 aliphatic rings. The molecule has 0 aromatic carbocycles. The number of nitrogens with one attached hydrogen (secondary N) is 1. The van der Waals surface area contributed by atoms with Crippen molar-refractivity contribution in [3.8, 4) is 0 Å². The average Bonchev–Trinajstić information content (AvgIpc) is 2.83. The van der Waals surface area contributed by atoms with Crippen molar-refractivity contribution in [2.75, 3.05) is 0 Å². The Morgan fingerprint density at radius 1 is 1.67 bits per heavy atom. The van der Waals surface area contributed by atoms with Gasteiger partial charge in [-0.1, -0.05) is 19.8 Å². The highest BCUT2D eigenvalue weighted by molar-refractivity contribution is 5.80. The molecule has 3 heteroatoms. The predicted molar refractivity (Wildman–Crippen MR) is 46.7 cm³/mol. The van der Waals surface area contributed by atoms with Crippen molar-refractivity contribution in [3.05, 3.63) is 0 Å². The maximum absolute atomic E-state index is 11.1. The molecule has 1 rings (SSSR count). The van der Waals surface area contributed by atoms with E-state index in [1.54, 1.807) is 0 Å². The average molecular weight is 171 g/mol. The molecule has 0 aromatic rings. The van der Waals surface area contributed by atoms with Crippen LogP contribution in [-0.2, 0) is 4.79 Å². The number of carbonyl (C=O) groups excluding carboxylic acids is 1. The molecule has 3 nitrogen and oxygen atoms in total. The van der Waals surface area contributed by atoms with Crippen LogP contribution < -0.4 is 5.32 Å². The summed E-state index contributed by atoms with van der Waals surface area (Å²) in [7, 11) is 0. The molecular formula is C9H17NO2. The Hall–Kier alpha value is -0.570. The van der Waals surface area contributed by atoms with Gasteiger partial charge in [-0.15, -0.1) is 0 Å². The van der Waals surface area contributed by atoms with E-state index >= 15 is 0 Å². The number of amides is 1. The molecule has 0 heterocycles. The largest absolute Gasteiger partial charge is 0.383 e. The van der Waals surface area contributed by atoms with Gasteiger partial charge in [0.05, 0.1) is 0 Å². The monoisotopic (exact) mass is 171 g/mol. The number of aliphatic hydroxyl groups is 1. The molecule has 2 N–H and O–H groups in total. The van der Waals surface area contributed by atoms with Crippen molar-refractivity contribution >= 4 is 5.91 Å². The maximum Gasteiger partial charge on any atom is 0.249 e. The summed E-state index contributed by atoms with van der Waals surface area (Å²) >= 11 is 0. The van der Waals surface area contributed by atoms with E-state index in [0.29, 0.717) is 12.5 Å². The standard InChI is InChI=1S/C9H17NO2/c1-2-3-4-8(11)9(12)10-7-5-6-7/h7-8,11H,2-6H2,1H3,(H,10,12). The smallest absolute Gasteiger partial charge is 0.249 e. The number of unbranched alkanes of at least 4 members (excludes halogenated alkanes) is 1. The minimum atomic E-state index is -0.787. The fourth-order valence-electron chi connectivity index (χ4n) is 1.05. The molecule has 1 fully saturated rings. The Kier molecular flexibility index (Phi) is 3.53. The van der Waals surface area contributed by atoms with Crippen LogP contribution in [0.4, 0.5) is 0 Å². The van der Waals surface area contributed by atoms with Crippen LogP contribution in [0.1, 0.15) is 39.0 Å². The van der Waals surface area contributed by atoms with Gasteiger partial charge >= 0.3 is 0 Å². The van der Waals surface area contributed by atoms with E-state index in [0.717, 1.165) is 25.7 Å². The van der Waals surface area contributed by atoms with Crippen LogP contribution >= 0.6 is 0 Å². The molecule has 0 saturated heterocycles. The fraction of sp³-hybridized carbons (Fsp3) is 0.889. The Morgan fingerprint density at radius 3 is 2.83 bits per heavy atom. The van der Waals surface area contributed by atoms with E-state index in [1.807, 2.05) is 6.92 Å². The van der Waals surface area contributed by atoms with Crippen LogP contribution in [0.3, 0.4) is 0 Å². The number of rotatable bonds is 5. The Morgan fingerprint density at radius 2 is 2.33 bits per heavy atom. The molecular weight excluding hydrogens is 154 g/mol. The third-order valence-electron chi connectivity index (χ3n) is 2.06. The van der Waals surface area contributed by atoms with Crippen molar-refractivity contribution < 1.29 is 9.90 Å². The summed E-state index contributed by atoms with van der Waals surface area (Å²) < 4.78 is 0. The van der Waals surface area contributed by atoms with E-state index in [1.165, 1.54) is 0 Å². The van der Waals surface area contributed by atoms with Gasteiger partial charge in [-0.2, -0.15) is 0 Å². The summed E-state index contributed by atoms with van der Waals surface area (Å²) in [5, 5.41) is 12.1. The first-order valence-corrected chi connectivity index (χ1v) is 4.72. The van der Waals surface area contributed by atoms with Gasteiger partial charge in [0, 0.05) is 6.04 Å². The Bertz CT molecular complexity index is 155. The van der Waals surface area contributed by atoms with Gasteiger partial charge in [0.15, 0.2) is 0 Å². The van der Waals surface area contributed by atoms with E-state index in [4.69, 9.17) is 0 Å². The van der Waals surface area contributed by atoms with Crippen molar-refractivity contribution in [1.29, 1.82) is 0 Å². The van der Waals surface area contributed by atoms with Crippen LogP contribution in [0.15, 0.2) is 0 Å². The third kappa shape index (κ3) is 3.22. The van der Waals surface area contributed by atoms with E-state index in [-0.39, 0.29) is 5.91 Å². The minimum Gasteiger partial charge on any atom is -0.383 e. The van der Waals surface area contributed by atoms with Crippen LogP contribution in [0.5, 0.6) is 0 Å². The van der Waals surface area contributed by atoms with Crippen LogP contribution in [0.2, 0.25) is 0 Å². The van der Waals surface area contributed by atoms with Crippen molar-refractivity contribution in [3.63, 3.8) is 0 Å². The van der Waals surface area contributed by atoms with Crippen LogP contribution in [0, 0.1) is 0 Å². The van der Waals surface area contributed by atoms with Crippen molar-refractivity contribution in [2.45, 2.75) is 51.2 Å². The lowest BCUT2D eigenvalue weighted by atomic mass is 10.1. The summed E-state index contributed by atoms with van der Waals surface area (Å²) in [4.78, 5) is 11.1. The topological polar surface area (TPSA) is 49.3 Å². The Labute approximate surface area is 73.2 Å². The molecule has 1 aliphatic carbocycles. The summed E-state index contributed by atoms with van der Waals surface area (Å²) in [6.45, 7) is 2.05. The molecule has 1 unspecified atom stereocenters. The van der Waals surface area contributed by atoms with E-state index < -0.39 is 6.10 Å². The summed E-state index contributed by atoms with van der Waals surface area (Å²) in [6, 6.07) is 0.355. The summed E-state index contributed by atoms with van der Waals surface area (Å²) in [5.74, 6) is -0.189. The molecule has 1 amide bonds. The first-order valence-electron chi connectivity index (χ1n) is 4.72. The molecule has 0 aromatic heterocycles. The third-order valence-corrected chi connectivity index (χ3v) is 2.06. The van der Waals surface area contributed by atoms with Gasteiger partial charge in [-0.05, 0) is 19.3 Å². The number of carbonyl (C=O) groups is 1. The molecule has 12 heavy (non-hydrogen) atoms. The molecule has 0 bridgehead atoms. The number of hydrogen-bond donors (Lipinski definition) is 2.